The fourth-order valence-corrected chi connectivity index (χ4v) is 2.93. The van der Waals surface area contributed by atoms with E-state index in [0.29, 0.717) is 13.2 Å². The average molecular weight is 266 g/mol. The second-order valence-electron chi connectivity index (χ2n) is 5.34. The first kappa shape index (κ1) is 12.9. The van der Waals surface area contributed by atoms with E-state index in [0.717, 1.165) is 37.7 Å². The summed E-state index contributed by atoms with van der Waals surface area (Å²) in [6.45, 7) is 3.54. The minimum atomic E-state index is -0.348. The molecule has 3 rings (SSSR count). The molecular formula is C13H22N4O2. The van der Waals surface area contributed by atoms with E-state index >= 15 is 0 Å². The van der Waals surface area contributed by atoms with E-state index in [4.69, 9.17) is 9.47 Å². The van der Waals surface area contributed by atoms with Gasteiger partial charge < -0.3 is 14.4 Å². The molecule has 1 aromatic rings. The van der Waals surface area contributed by atoms with Gasteiger partial charge in [-0.3, -0.25) is 5.10 Å². The molecule has 2 aliphatic rings. The monoisotopic (exact) mass is 266 g/mol. The van der Waals surface area contributed by atoms with Gasteiger partial charge in [-0.2, -0.15) is 4.98 Å². The van der Waals surface area contributed by atoms with Crippen LogP contribution in [0.5, 0.6) is 0 Å². The number of nitrogens with zero attached hydrogens (tertiary/aromatic N) is 3. The summed E-state index contributed by atoms with van der Waals surface area (Å²) >= 11 is 0. The van der Waals surface area contributed by atoms with Crippen molar-refractivity contribution in [1.82, 2.24) is 15.2 Å². The number of hydrogen-bond donors (Lipinski definition) is 1. The number of H-pyrrole nitrogens is 1. The van der Waals surface area contributed by atoms with Gasteiger partial charge in [-0.1, -0.05) is 0 Å². The molecule has 19 heavy (non-hydrogen) atoms. The zero-order valence-corrected chi connectivity index (χ0v) is 11.5. The fourth-order valence-electron chi connectivity index (χ4n) is 2.93. The lowest BCUT2D eigenvalue weighted by atomic mass is 9.93. The molecule has 0 aromatic carbocycles. The number of methoxy groups -OCH3 is 1. The van der Waals surface area contributed by atoms with Crippen molar-refractivity contribution in [1.29, 1.82) is 0 Å². The van der Waals surface area contributed by atoms with Crippen LogP contribution in [-0.2, 0) is 15.1 Å². The maximum absolute atomic E-state index is 5.73. The molecule has 2 saturated heterocycles. The third kappa shape index (κ3) is 2.47. The highest BCUT2D eigenvalue weighted by atomic mass is 16.5. The molecule has 106 valence electrons. The minimum Gasteiger partial charge on any atom is -0.381 e. The maximum Gasteiger partial charge on any atom is 0.244 e. The normalized spacial score (nSPS) is 23.5. The van der Waals surface area contributed by atoms with Crippen molar-refractivity contribution in [2.24, 2.45) is 0 Å². The van der Waals surface area contributed by atoms with Crippen molar-refractivity contribution in [2.45, 2.75) is 37.7 Å². The van der Waals surface area contributed by atoms with E-state index in [1.165, 1.54) is 19.3 Å². The predicted molar refractivity (Wildman–Crippen MR) is 71.2 cm³/mol. The van der Waals surface area contributed by atoms with Gasteiger partial charge >= 0.3 is 0 Å². The van der Waals surface area contributed by atoms with Crippen LogP contribution < -0.4 is 4.90 Å². The molecule has 0 saturated carbocycles. The van der Waals surface area contributed by atoms with Crippen molar-refractivity contribution >= 4 is 5.95 Å². The SMILES string of the molecule is COC1(c2nc(N3CCCCC3)n[nH]2)CCOCC1. The molecule has 0 bridgehead atoms. The Morgan fingerprint density at radius 2 is 1.95 bits per heavy atom. The maximum atomic E-state index is 5.73. The molecule has 0 spiro atoms. The Bertz CT molecular complexity index is 409. The molecule has 2 aliphatic heterocycles. The predicted octanol–water partition coefficient (Wildman–Crippen LogP) is 1.45. The molecular weight excluding hydrogens is 244 g/mol. The zero-order valence-electron chi connectivity index (χ0n) is 11.5. The summed E-state index contributed by atoms with van der Waals surface area (Å²) in [7, 11) is 1.74. The molecule has 6 nitrogen and oxygen atoms in total. The van der Waals surface area contributed by atoms with Crippen molar-refractivity contribution in [3.8, 4) is 0 Å². The Balaban J connectivity index is 1.79. The molecule has 0 radical (unpaired) electrons. The van der Waals surface area contributed by atoms with Crippen LogP contribution >= 0.6 is 0 Å². The van der Waals surface area contributed by atoms with Crippen LogP contribution in [0, 0.1) is 0 Å². The third-order valence-corrected chi connectivity index (χ3v) is 4.24. The molecule has 1 N–H and O–H groups in total. The van der Waals surface area contributed by atoms with Gasteiger partial charge in [0.15, 0.2) is 5.82 Å². The van der Waals surface area contributed by atoms with Crippen molar-refractivity contribution in [3.05, 3.63) is 5.82 Å². The van der Waals surface area contributed by atoms with Crippen molar-refractivity contribution in [3.63, 3.8) is 0 Å². The van der Waals surface area contributed by atoms with E-state index in [2.05, 4.69) is 20.1 Å². The lowest BCUT2D eigenvalue weighted by Crippen LogP contribution is -2.37. The Kier molecular flexibility index (Phi) is 3.70. The zero-order chi connectivity index (χ0) is 13.1. The first-order chi connectivity index (χ1) is 9.34. The number of piperidine rings is 1. The van der Waals surface area contributed by atoms with E-state index in [1.54, 1.807) is 7.11 Å². The van der Waals surface area contributed by atoms with Gasteiger partial charge in [-0.05, 0) is 19.3 Å². The number of ether oxygens (including phenoxy) is 2. The van der Waals surface area contributed by atoms with Crippen LogP contribution in [0.25, 0.3) is 0 Å². The summed E-state index contributed by atoms with van der Waals surface area (Å²) in [5.41, 5.74) is -0.348. The van der Waals surface area contributed by atoms with Gasteiger partial charge in [0.05, 0.1) is 0 Å². The van der Waals surface area contributed by atoms with Gasteiger partial charge in [-0.15, -0.1) is 5.10 Å². The molecule has 0 aliphatic carbocycles. The van der Waals surface area contributed by atoms with Gasteiger partial charge in [-0.25, -0.2) is 0 Å². The quantitative estimate of drug-likeness (QED) is 0.897. The largest absolute Gasteiger partial charge is 0.381 e. The number of rotatable bonds is 3. The minimum absolute atomic E-state index is 0.348. The fraction of sp³-hybridized carbons (Fsp3) is 0.846. The van der Waals surface area contributed by atoms with Crippen molar-refractivity contribution < 1.29 is 9.47 Å². The van der Waals surface area contributed by atoms with Gasteiger partial charge in [0, 0.05) is 46.3 Å². The summed E-state index contributed by atoms with van der Waals surface area (Å²) in [6.07, 6.45) is 5.43. The van der Waals surface area contributed by atoms with Crippen molar-refractivity contribution in [2.75, 3.05) is 38.3 Å². The number of anilines is 1. The highest BCUT2D eigenvalue weighted by Crippen LogP contribution is 2.34. The Labute approximate surface area is 113 Å². The van der Waals surface area contributed by atoms with Crippen LogP contribution in [0.3, 0.4) is 0 Å². The van der Waals surface area contributed by atoms with E-state index in [1.807, 2.05) is 0 Å². The molecule has 0 amide bonds. The van der Waals surface area contributed by atoms with E-state index in [-0.39, 0.29) is 5.60 Å². The first-order valence-corrected chi connectivity index (χ1v) is 7.15. The molecule has 6 heteroatoms. The standard InChI is InChI=1S/C13H22N4O2/c1-18-13(5-9-19-10-6-13)11-14-12(16-15-11)17-7-3-2-4-8-17/h2-10H2,1H3,(H,14,15,16). The van der Waals surface area contributed by atoms with Gasteiger partial charge in [0.25, 0.3) is 0 Å². The Hall–Kier alpha value is -1.14. The number of nitrogens with one attached hydrogen (secondary N) is 1. The summed E-state index contributed by atoms with van der Waals surface area (Å²) in [5.74, 6) is 1.66. The molecule has 1 aromatic heterocycles. The molecule has 0 atom stereocenters. The number of aromatic amines is 1. The number of hydrogen-bond acceptors (Lipinski definition) is 5. The highest BCUT2D eigenvalue weighted by Gasteiger charge is 2.38. The lowest BCUT2D eigenvalue weighted by Gasteiger charge is -2.33. The molecule has 3 heterocycles. The molecule has 0 unspecified atom stereocenters. The van der Waals surface area contributed by atoms with Crippen LogP contribution in [-0.4, -0.2) is 48.6 Å². The second kappa shape index (κ2) is 5.46. The highest BCUT2D eigenvalue weighted by molar-refractivity contribution is 5.30. The molecule has 2 fully saturated rings. The lowest BCUT2D eigenvalue weighted by molar-refractivity contribution is -0.0997. The Morgan fingerprint density at radius 3 is 2.63 bits per heavy atom. The Morgan fingerprint density at radius 1 is 1.21 bits per heavy atom. The first-order valence-electron chi connectivity index (χ1n) is 7.15. The topological polar surface area (TPSA) is 63.3 Å². The van der Waals surface area contributed by atoms with E-state index < -0.39 is 0 Å². The summed E-state index contributed by atoms with van der Waals surface area (Å²) < 4.78 is 11.2. The van der Waals surface area contributed by atoms with Crippen LogP contribution in [0.2, 0.25) is 0 Å². The average Bonchev–Trinajstić information content (AvgIpc) is 2.99. The smallest absolute Gasteiger partial charge is 0.244 e. The number of aromatic nitrogens is 3. The summed E-state index contributed by atoms with van der Waals surface area (Å²) in [4.78, 5) is 6.94. The van der Waals surface area contributed by atoms with Crippen LogP contribution in [0.15, 0.2) is 0 Å². The van der Waals surface area contributed by atoms with Crippen LogP contribution in [0.4, 0.5) is 5.95 Å². The summed E-state index contributed by atoms with van der Waals surface area (Å²) in [5, 5.41) is 7.46. The third-order valence-electron chi connectivity index (χ3n) is 4.24. The van der Waals surface area contributed by atoms with E-state index in [9.17, 15) is 0 Å². The van der Waals surface area contributed by atoms with Gasteiger partial charge in [0.2, 0.25) is 5.95 Å². The van der Waals surface area contributed by atoms with Gasteiger partial charge in [0.1, 0.15) is 5.60 Å². The second-order valence-corrected chi connectivity index (χ2v) is 5.34. The van der Waals surface area contributed by atoms with Crippen LogP contribution in [0.1, 0.15) is 37.9 Å². The summed E-state index contributed by atoms with van der Waals surface area (Å²) in [6, 6.07) is 0.